The van der Waals surface area contributed by atoms with Gasteiger partial charge >= 0.3 is 0 Å². The number of nitrogens with zero attached hydrogens (tertiary/aromatic N) is 1. The van der Waals surface area contributed by atoms with Gasteiger partial charge in [0.1, 0.15) is 0 Å². The van der Waals surface area contributed by atoms with Gasteiger partial charge in [-0.2, -0.15) is 5.26 Å². The quantitative estimate of drug-likeness (QED) is 0.809. The van der Waals surface area contributed by atoms with Crippen molar-refractivity contribution in [3.63, 3.8) is 0 Å². The molecule has 0 fully saturated rings. The third-order valence-electron chi connectivity index (χ3n) is 2.74. The van der Waals surface area contributed by atoms with Crippen LogP contribution in [-0.2, 0) is 6.42 Å². The molecule has 0 saturated carbocycles. The van der Waals surface area contributed by atoms with Crippen LogP contribution in [0.15, 0.2) is 30.3 Å². The molecule has 2 rings (SSSR count). The van der Waals surface area contributed by atoms with Crippen LogP contribution >= 0.6 is 0 Å². The maximum atomic E-state index is 8.80. The van der Waals surface area contributed by atoms with Crippen LogP contribution in [0.1, 0.15) is 5.56 Å². The monoisotopic (exact) mass is 227 g/mol. The van der Waals surface area contributed by atoms with Gasteiger partial charge in [0, 0.05) is 0 Å². The van der Waals surface area contributed by atoms with E-state index in [1.165, 1.54) is 0 Å². The predicted molar refractivity (Wildman–Crippen MR) is 66.4 cm³/mol. The van der Waals surface area contributed by atoms with Crippen LogP contribution in [0.5, 0.6) is 11.5 Å². The second-order valence-corrected chi connectivity index (χ2v) is 3.68. The number of methoxy groups -OCH3 is 2. The van der Waals surface area contributed by atoms with E-state index in [1.807, 2.05) is 30.3 Å². The van der Waals surface area contributed by atoms with E-state index in [9.17, 15) is 0 Å². The molecule has 0 N–H and O–H groups in total. The van der Waals surface area contributed by atoms with Crippen molar-refractivity contribution in [3.05, 3.63) is 35.9 Å². The van der Waals surface area contributed by atoms with E-state index in [4.69, 9.17) is 14.7 Å². The van der Waals surface area contributed by atoms with E-state index in [2.05, 4.69) is 6.07 Å². The fraction of sp³-hybridized carbons (Fsp3) is 0.214. The molecule has 0 amide bonds. The van der Waals surface area contributed by atoms with Crippen molar-refractivity contribution in [2.45, 2.75) is 6.42 Å². The Morgan fingerprint density at radius 2 is 1.82 bits per heavy atom. The molecule has 0 atom stereocenters. The van der Waals surface area contributed by atoms with E-state index >= 15 is 0 Å². The second kappa shape index (κ2) is 4.75. The number of nitriles is 1. The van der Waals surface area contributed by atoms with E-state index in [1.54, 1.807) is 14.2 Å². The van der Waals surface area contributed by atoms with Crippen LogP contribution in [0.25, 0.3) is 10.8 Å². The fourth-order valence-corrected chi connectivity index (χ4v) is 1.91. The highest BCUT2D eigenvalue weighted by molar-refractivity contribution is 5.89. The summed E-state index contributed by atoms with van der Waals surface area (Å²) in [5, 5.41) is 10.9. The minimum Gasteiger partial charge on any atom is -0.493 e. The Bertz CT molecular complexity index is 585. The van der Waals surface area contributed by atoms with Crippen molar-refractivity contribution in [1.29, 1.82) is 5.26 Å². The van der Waals surface area contributed by atoms with Crippen molar-refractivity contribution in [1.82, 2.24) is 0 Å². The lowest BCUT2D eigenvalue weighted by Crippen LogP contribution is -1.92. The largest absolute Gasteiger partial charge is 0.493 e. The van der Waals surface area contributed by atoms with Crippen molar-refractivity contribution < 1.29 is 9.47 Å². The van der Waals surface area contributed by atoms with Crippen molar-refractivity contribution in [2.24, 2.45) is 0 Å². The molecule has 86 valence electrons. The van der Waals surface area contributed by atoms with E-state index in [-0.39, 0.29) is 0 Å². The molecule has 0 aliphatic carbocycles. The number of hydrogen-bond acceptors (Lipinski definition) is 3. The van der Waals surface area contributed by atoms with Crippen LogP contribution < -0.4 is 9.47 Å². The van der Waals surface area contributed by atoms with Crippen LogP contribution in [0.3, 0.4) is 0 Å². The van der Waals surface area contributed by atoms with E-state index in [0.29, 0.717) is 17.9 Å². The van der Waals surface area contributed by atoms with Gasteiger partial charge in [-0.3, -0.25) is 0 Å². The molecule has 2 aromatic rings. The third kappa shape index (κ3) is 2.02. The highest BCUT2D eigenvalue weighted by Gasteiger charge is 2.08. The Morgan fingerprint density at radius 1 is 1.12 bits per heavy atom. The van der Waals surface area contributed by atoms with Gasteiger partial charge in [0.15, 0.2) is 11.5 Å². The van der Waals surface area contributed by atoms with Crippen LogP contribution in [-0.4, -0.2) is 14.2 Å². The first-order chi connectivity index (χ1) is 8.30. The summed E-state index contributed by atoms with van der Waals surface area (Å²) in [6.45, 7) is 0. The van der Waals surface area contributed by atoms with Gasteiger partial charge in [-0.25, -0.2) is 0 Å². The number of rotatable bonds is 3. The zero-order chi connectivity index (χ0) is 12.3. The number of ether oxygens (including phenoxy) is 2. The van der Waals surface area contributed by atoms with Gasteiger partial charge in [0.25, 0.3) is 0 Å². The smallest absolute Gasteiger partial charge is 0.161 e. The van der Waals surface area contributed by atoms with Crippen molar-refractivity contribution >= 4 is 10.8 Å². The Labute approximate surface area is 100 Å². The first-order valence-corrected chi connectivity index (χ1v) is 5.30. The van der Waals surface area contributed by atoms with Crippen molar-refractivity contribution in [2.75, 3.05) is 14.2 Å². The molecule has 3 heteroatoms. The average molecular weight is 227 g/mol. The van der Waals surface area contributed by atoms with Gasteiger partial charge < -0.3 is 9.47 Å². The zero-order valence-corrected chi connectivity index (χ0v) is 9.86. The Kier molecular flexibility index (Phi) is 3.15. The second-order valence-electron chi connectivity index (χ2n) is 3.68. The molecule has 2 aromatic carbocycles. The summed E-state index contributed by atoms with van der Waals surface area (Å²) < 4.78 is 10.5. The highest BCUT2D eigenvalue weighted by Crippen LogP contribution is 2.33. The predicted octanol–water partition coefficient (Wildman–Crippen LogP) is 2.92. The Hall–Kier alpha value is -2.21. The molecule has 0 spiro atoms. The molecule has 0 aliphatic heterocycles. The lowest BCUT2D eigenvalue weighted by Gasteiger charge is -2.10. The zero-order valence-electron chi connectivity index (χ0n) is 9.86. The Balaban J connectivity index is 2.70. The van der Waals surface area contributed by atoms with Crippen LogP contribution in [0, 0.1) is 11.3 Å². The van der Waals surface area contributed by atoms with Gasteiger partial charge in [-0.15, -0.1) is 0 Å². The first kappa shape index (κ1) is 11.3. The summed E-state index contributed by atoms with van der Waals surface area (Å²) in [5.74, 6) is 1.39. The number of hydrogen-bond donors (Lipinski definition) is 0. The average Bonchev–Trinajstić information content (AvgIpc) is 2.38. The van der Waals surface area contributed by atoms with E-state index in [0.717, 1.165) is 16.3 Å². The standard InChI is InChI=1S/C14H13NO2/c1-16-13-8-11-5-3-4-10(6-7-15)12(11)9-14(13)17-2/h3-5,8-9H,6H2,1-2H3. The molecule has 3 nitrogen and oxygen atoms in total. The van der Waals surface area contributed by atoms with Gasteiger partial charge in [0.05, 0.1) is 26.7 Å². The third-order valence-corrected chi connectivity index (χ3v) is 2.74. The normalized spacial score (nSPS) is 9.94. The summed E-state index contributed by atoms with van der Waals surface area (Å²) in [4.78, 5) is 0. The first-order valence-electron chi connectivity index (χ1n) is 5.30. The van der Waals surface area contributed by atoms with Crippen molar-refractivity contribution in [3.8, 4) is 17.6 Å². The lowest BCUT2D eigenvalue weighted by molar-refractivity contribution is 0.356. The minimum atomic E-state index is 0.396. The van der Waals surface area contributed by atoms with Crippen LogP contribution in [0.2, 0.25) is 0 Å². The van der Waals surface area contributed by atoms with Gasteiger partial charge in [0.2, 0.25) is 0 Å². The maximum Gasteiger partial charge on any atom is 0.161 e. The SMILES string of the molecule is COc1cc2cccc(CC#N)c2cc1OC. The molecule has 0 radical (unpaired) electrons. The molecular formula is C14H13NO2. The summed E-state index contributed by atoms with van der Waals surface area (Å²) in [6, 6.07) is 11.9. The summed E-state index contributed by atoms with van der Waals surface area (Å²) in [5.41, 5.74) is 1.01. The molecule has 0 aliphatic rings. The molecule has 17 heavy (non-hydrogen) atoms. The van der Waals surface area contributed by atoms with Gasteiger partial charge in [-0.1, -0.05) is 18.2 Å². The molecular weight excluding hydrogens is 214 g/mol. The minimum absolute atomic E-state index is 0.396. The van der Waals surface area contributed by atoms with Crippen LogP contribution in [0.4, 0.5) is 0 Å². The molecule has 0 saturated heterocycles. The summed E-state index contributed by atoms with van der Waals surface area (Å²) in [7, 11) is 3.22. The summed E-state index contributed by atoms with van der Waals surface area (Å²) in [6.07, 6.45) is 0.396. The fourth-order valence-electron chi connectivity index (χ4n) is 1.91. The summed E-state index contributed by atoms with van der Waals surface area (Å²) >= 11 is 0. The molecule has 0 unspecified atom stereocenters. The maximum absolute atomic E-state index is 8.80. The number of benzene rings is 2. The molecule has 0 heterocycles. The van der Waals surface area contributed by atoms with E-state index < -0.39 is 0 Å². The Morgan fingerprint density at radius 3 is 2.47 bits per heavy atom. The topological polar surface area (TPSA) is 42.2 Å². The molecule has 0 aromatic heterocycles. The molecule has 0 bridgehead atoms. The lowest BCUT2D eigenvalue weighted by atomic mass is 10.0. The van der Waals surface area contributed by atoms with Gasteiger partial charge in [-0.05, 0) is 28.5 Å². The highest BCUT2D eigenvalue weighted by atomic mass is 16.5. The number of fused-ring (bicyclic) bond motifs is 1.